The van der Waals surface area contributed by atoms with Crippen LogP contribution >= 0.6 is 0 Å². The van der Waals surface area contributed by atoms with Gasteiger partial charge in [0.1, 0.15) is 12.2 Å². The van der Waals surface area contributed by atoms with Crippen molar-refractivity contribution in [2.75, 3.05) is 6.61 Å². The fourth-order valence-corrected chi connectivity index (χ4v) is 3.09. The highest BCUT2D eigenvalue weighted by molar-refractivity contribution is 5.96. The minimum atomic E-state index is -2.24. The van der Waals surface area contributed by atoms with Crippen molar-refractivity contribution in [3.05, 3.63) is 83.2 Å². The highest BCUT2D eigenvalue weighted by Crippen LogP contribution is 2.33. The first-order valence-corrected chi connectivity index (χ1v) is 10.5. The van der Waals surface area contributed by atoms with Gasteiger partial charge in [0.05, 0.1) is 12.2 Å². The van der Waals surface area contributed by atoms with Crippen molar-refractivity contribution in [3.8, 4) is 0 Å². The third kappa shape index (κ3) is 6.56. The Bertz CT molecular complexity index is 995. The third-order valence-corrected chi connectivity index (χ3v) is 4.52. The minimum absolute atomic E-state index is 0.0206. The monoisotopic (exact) mass is 452 g/mol. The molecule has 2 rings (SSSR count). The number of benzene rings is 2. The fraction of sp³-hybridized carbons (Fsp3) is 0.360. The van der Waals surface area contributed by atoms with Crippen molar-refractivity contribution < 1.29 is 28.6 Å². The third-order valence-electron chi connectivity index (χ3n) is 4.52. The first kappa shape index (κ1) is 25.4. The Hall–Kier alpha value is -3.86. The molecule has 0 aromatic heterocycles. The van der Waals surface area contributed by atoms with E-state index < -0.39 is 35.2 Å². The Kier molecular flexibility index (Phi) is 8.57. The number of nitrogens with one attached hydrogen (secondary N) is 1. The summed E-state index contributed by atoms with van der Waals surface area (Å²) in [6, 6.07) is 15.2. The quantitative estimate of drug-likeness (QED) is 0.370. The number of rotatable bonds is 8. The summed E-state index contributed by atoms with van der Waals surface area (Å²) in [6.07, 6.45) is -0.972. The largest absolute Gasteiger partial charge is 0.464 e. The van der Waals surface area contributed by atoms with Gasteiger partial charge in [0, 0.05) is 0 Å². The van der Waals surface area contributed by atoms with E-state index in [0.717, 1.165) is 0 Å². The van der Waals surface area contributed by atoms with Gasteiger partial charge in [0.25, 0.3) is 0 Å². The van der Waals surface area contributed by atoms with Gasteiger partial charge in [-0.2, -0.15) is 0 Å². The van der Waals surface area contributed by atoms with Crippen LogP contribution in [0, 0.1) is 6.57 Å². The second-order valence-electron chi connectivity index (χ2n) is 8.14. The van der Waals surface area contributed by atoms with Crippen LogP contribution in [0.5, 0.6) is 0 Å². The van der Waals surface area contributed by atoms with Crippen molar-refractivity contribution in [2.24, 2.45) is 0 Å². The predicted molar refractivity (Wildman–Crippen MR) is 121 cm³/mol. The summed E-state index contributed by atoms with van der Waals surface area (Å²) in [4.78, 5) is 42.5. The maximum absolute atomic E-state index is 13.5. The number of alkyl carbamates (subject to hydrolysis) is 1. The predicted octanol–water partition coefficient (Wildman–Crippen LogP) is 4.00. The number of amides is 1. The molecule has 0 aliphatic heterocycles. The first-order chi connectivity index (χ1) is 15.6. The number of nitrogens with zero attached hydrogens (tertiary/aromatic N) is 1. The molecule has 0 heterocycles. The topological polar surface area (TPSA) is 95.3 Å². The Balaban J connectivity index is 2.52. The molecule has 0 saturated heterocycles. The summed E-state index contributed by atoms with van der Waals surface area (Å²) < 4.78 is 15.9. The minimum Gasteiger partial charge on any atom is -0.464 e. The van der Waals surface area contributed by atoms with Crippen LogP contribution in [0.1, 0.15) is 38.8 Å². The molecule has 2 aromatic carbocycles. The highest BCUT2D eigenvalue weighted by atomic mass is 16.6. The van der Waals surface area contributed by atoms with E-state index in [2.05, 4.69) is 10.2 Å². The van der Waals surface area contributed by atoms with Gasteiger partial charge in [-0.15, -0.1) is 0 Å². The first-order valence-electron chi connectivity index (χ1n) is 10.5. The lowest BCUT2D eigenvalue weighted by atomic mass is 9.83. The zero-order chi connectivity index (χ0) is 24.5. The molecule has 0 spiro atoms. The smallest absolute Gasteiger partial charge is 0.408 e. The Morgan fingerprint density at radius 2 is 1.55 bits per heavy atom. The van der Waals surface area contributed by atoms with Crippen molar-refractivity contribution in [2.45, 2.75) is 51.5 Å². The Labute approximate surface area is 193 Å². The van der Waals surface area contributed by atoms with Crippen LogP contribution in [0.2, 0.25) is 0 Å². The molecule has 0 unspecified atom stereocenters. The summed E-state index contributed by atoms with van der Waals surface area (Å²) >= 11 is 0. The normalized spacial score (nSPS) is 13.5. The molecule has 8 nitrogen and oxygen atoms in total. The molecule has 2 atom stereocenters. The van der Waals surface area contributed by atoms with Gasteiger partial charge in [0.2, 0.25) is 6.04 Å². The fourth-order valence-electron chi connectivity index (χ4n) is 3.09. The van der Waals surface area contributed by atoms with E-state index in [1.54, 1.807) is 70.2 Å². The number of hydrogen-bond acceptors (Lipinski definition) is 6. The van der Waals surface area contributed by atoms with Crippen molar-refractivity contribution in [1.82, 2.24) is 5.32 Å². The van der Waals surface area contributed by atoms with E-state index in [1.165, 1.54) is 12.1 Å². The van der Waals surface area contributed by atoms with Gasteiger partial charge in [-0.25, -0.2) is 21.0 Å². The maximum atomic E-state index is 13.5. The van der Waals surface area contributed by atoms with Crippen LogP contribution in [-0.4, -0.2) is 36.3 Å². The average Bonchev–Trinajstić information content (AvgIpc) is 2.78. The van der Waals surface area contributed by atoms with Crippen LogP contribution in [0.25, 0.3) is 4.85 Å². The molecule has 0 saturated carbocycles. The van der Waals surface area contributed by atoms with E-state index in [4.69, 9.17) is 20.8 Å². The molecule has 0 radical (unpaired) electrons. The Morgan fingerprint density at radius 1 is 0.970 bits per heavy atom. The van der Waals surface area contributed by atoms with Gasteiger partial charge < -0.3 is 14.2 Å². The van der Waals surface area contributed by atoms with Crippen molar-refractivity contribution in [1.29, 1.82) is 0 Å². The van der Waals surface area contributed by atoms with Crippen LogP contribution in [0.3, 0.4) is 0 Å². The molecule has 0 fully saturated rings. The van der Waals surface area contributed by atoms with Crippen LogP contribution in [0.15, 0.2) is 60.7 Å². The molecule has 33 heavy (non-hydrogen) atoms. The molecule has 2 aromatic rings. The summed E-state index contributed by atoms with van der Waals surface area (Å²) in [7, 11) is 0. The van der Waals surface area contributed by atoms with E-state index in [-0.39, 0.29) is 18.8 Å². The molecule has 0 bridgehead atoms. The van der Waals surface area contributed by atoms with E-state index in [1.807, 2.05) is 6.07 Å². The van der Waals surface area contributed by atoms with Crippen LogP contribution < -0.4 is 5.32 Å². The van der Waals surface area contributed by atoms with Gasteiger partial charge in [0.15, 0.2) is 0 Å². The van der Waals surface area contributed by atoms with Crippen LogP contribution in [0.4, 0.5) is 4.79 Å². The van der Waals surface area contributed by atoms with Crippen molar-refractivity contribution >= 4 is 18.0 Å². The van der Waals surface area contributed by atoms with E-state index in [0.29, 0.717) is 5.56 Å². The lowest BCUT2D eigenvalue weighted by molar-refractivity contribution is -0.159. The molecule has 8 heteroatoms. The number of carbonyl (C=O) groups is 3. The molecular formula is C25H28N2O6. The van der Waals surface area contributed by atoms with Gasteiger partial charge >= 0.3 is 23.6 Å². The summed E-state index contributed by atoms with van der Waals surface area (Å²) in [5, 5.41) is 2.38. The summed E-state index contributed by atoms with van der Waals surface area (Å²) in [5.41, 5.74) is -2.23. The van der Waals surface area contributed by atoms with Crippen molar-refractivity contribution in [3.63, 3.8) is 0 Å². The highest BCUT2D eigenvalue weighted by Gasteiger charge is 2.61. The SMILES string of the molecule is [C-]#[N+][C@](C(=O)OCc1ccccc1)(c1ccccc1)[C@@H](NC(=O)OC(C)(C)C)C(=O)OCC. The lowest BCUT2D eigenvalue weighted by Crippen LogP contribution is -2.59. The number of ether oxygens (including phenoxy) is 3. The lowest BCUT2D eigenvalue weighted by Gasteiger charge is -2.29. The zero-order valence-corrected chi connectivity index (χ0v) is 19.2. The summed E-state index contributed by atoms with van der Waals surface area (Å²) in [5.74, 6) is -1.96. The molecular weight excluding hydrogens is 424 g/mol. The molecule has 0 aliphatic carbocycles. The zero-order valence-electron chi connectivity index (χ0n) is 19.2. The second-order valence-corrected chi connectivity index (χ2v) is 8.14. The van der Waals surface area contributed by atoms with Gasteiger partial charge in [-0.1, -0.05) is 60.7 Å². The molecule has 1 N–H and O–H groups in total. The van der Waals surface area contributed by atoms with Crippen LogP contribution in [-0.2, 0) is 35.9 Å². The van der Waals surface area contributed by atoms with Gasteiger partial charge in [-0.05, 0) is 33.3 Å². The molecule has 0 aliphatic rings. The summed E-state index contributed by atoms with van der Waals surface area (Å²) in [6.45, 7) is 14.4. The maximum Gasteiger partial charge on any atom is 0.408 e. The number of esters is 2. The van der Waals surface area contributed by atoms with E-state index in [9.17, 15) is 14.4 Å². The average molecular weight is 453 g/mol. The Morgan fingerprint density at radius 3 is 2.06 bits per heavy atom. The van der Waals surface area contributed by atoms with E-state index >= 15 is 0 Å². The number of hydrogen-bond donors (Lipinski definition) is 1. The number of carbonyl (C=O) groups excluding carboxylic acids is 3. The van der Waals surface area contributed by atoms with Gasteiger partial charge in [-0.3, -0.25) is 10.2 Å². The molecule has 1 amide bonds. The molecule has 174 valence electrons. The second kappa shape index (κ2) is 11.1. The standard InChI is InChI=1S/C25H28N2O6/c1-6-31-21(28)20(27-23(30)33-24(2,3)4)25(26-5,19-15-11-8-12-16-19)22(29)32-17-18-13-9-7-10-14-18/h7-16,20H,6,17H2,1-4H3,(H,27,30)/t20-,25+/m0/s1.